The summed E-state index contributed by atoms with van der Waals surface area (Å²) in [7, 11) is 2.26. The molecule has 0 amide bonds. The summed E-state index contributed by atoms with van der Waals surface area (Å²) in [6, 6.07) is 9.96. The number of likely N-dealkylation sites (tertiary alicyclic amines) is 1. The molecule has 0 aromatic heterocycles. The van der Waals surface area contributed by atoms with Gasteiger partial charge in [0.05, 0.1) is 0 Å². The Morgan fingerprint density at radius 1 is 1.17 bits per heavy atom. The predicted octanol–water partition coefficient (Wildman–Crippen LogP) is 2.78. The van der Waals surface area contributed by atoms with Crippen LogP contribution in [0.4, 0.5) is 5.69 Å². The lowest BCUT2D eigenvalue weighted by molar-refractivity contribution is 0.370. The van der Waals surface area contributed by atoms with E-state index >= 15 is 0 Å². The van der Waals surface area contributed by atoms with Gasteiger partial charge < -0.3 is 9.80 Å². The third-order valence-electron chi connectivity index (χ3n) is 4.64. The summed E-state index contributed by atoms with van der Waals surface area (Å²) in [6.07, 6.45) is 3.90. The van der Waals surface area contributed by atoms with E-state index in [9.17, 15) is 0 Å². The summed E-state index contributed by atoms with van der Waals surface area (Å²) >= 11 is 0. The molecule has 2 saturated heterocycles. The van der Waals surface area contributed by atoms with Crippen molar-refractivity contribution in [2.24, 2.45) is 5.92 Å². The van der Waals surface area contributed by atoms with Gasteiger partial charge in [0.1, 0.15) is 0 Å². The summed E-state index contributed by atoms with van der Waals surface area (Å²) < 4.78 is 0. The standard InChI is InChI=1S/C16H24N2/c1-3-13-6-8-15(9-7-13)18-10-4-5-14-11-17(2)12-16(14)18/h6-9,14,16H,3-5,10-12H2,1-2H3. The van der Waals surface area contributed by atoms with Crippen molar-refractivity contribution in [2.75, 3.05) is 31.6 Å². The van der Waals surface area contributed by atoms with Gasteiger partial charge in [-0.25, -0.2) is 0 Å². The normalized spacial score (nSPS) is 28.4. The molecular formula is C16H24N2. The number of benzene rings is 1. The van der Waals surface area contributed by atoms with Gasteiger partial charge >= 0.3 is 0 Å². The number of hydrogen-bond donors (Lipinski definition) is 0. The molecule has 2 aliphatic heterocycles. The van der Waals surface area contributed by atoms with Gasteiger partial charge in [0.2, 0.25) is 0 Å². The fourth-order valence-corrected chi connectivity index (χ4v) is 3.64. The lowest BCUT2D eigenvalue weighted by Gasteiger charge is -2.39. The van der Waals surface area contributed by atoms with Gasteiger partial charge in [-0.3, -0.25) is 0 Å². The molecule has 0 radical (unpaired) electrons. The Hall–Kier alpha value is -1.02. The van der Waals surface area contributed by atoms with Crippen molar-refractivity contribution in [3.8, 4) is 0 Å². The lowest BCUT2D eigenvalue weighted by Crippen LogP contribution is -2.45. The molecule has 2 aliphatic rings. The Kier molecular flexibility index (Phi) is 3.29. The van der Waals surface area contributed by atoms with Crippen LogP contribution in [0.5, 0.6) is 0 Å². The smallest absolute Gasteiger partial charge is 0.0457 e. The van der Waals surface area contributed by atoms with Crippen molar-refractivity contribution in [3.63, 3.8) is 0 Å². The third kappa shape index (κ3) is 2.14. The zero-order valence-electron chi connectivity index (χ0n) is 11.6. The van der Waals surface area contributed by atoms with E-state index in [2.05, 4.69) is 48.0 Å². The highest BCUT2D eigenvalue weighted by molar-refractivity contribution is 5.49. The van der Waals surface area contributed by atoms with E-state index < -0.39 is 0 Å². The van der Waals surface area contributed by atoms with E-state index in [0.29, 0.717) is 0 Å². The van der Waals surface area contributed by atoms with Crippen LogP contribution in [0.1, 0.15) is 25.3 Å². The van der Waals surface area contributed by atoms with Gasteiger partial charge in [-0.15, -0.1) is 0 Å². The molecule has 98 valence electrons. The van der Waals surface area contributed by atoms with Crippen molar-refractivity contribution >= 4 is 5.69 Å². The van der Waals surface area contributed by atoms with Gasteiger partial charge in [0.15, 0.2) is 0 Å². The van der Waals surface area contributed by atoms with Crippen LogP contribution in [-0.2, 0) is 6.42 Å². The first kappa shape index (κ1) is 12.0. The summed E-state index contributed by atoms with van der Waals surface area (Å²) in [6.45, 7) is 5.98. The maximum atomic E-state index is 2.65. The number of aryl methyl sites for hydroxylation is 1. The minimum atomic E-state index is 0.747. The monoisotopic (exact) mass is 244 g/mol. The van der Waals surface area contributed by atoms with E-state index in [-0.39, 0.29) is 0 Å². The molecule has 3 rings (SSSR count). The van der Waals surface area contributed by atoms with Gasteiger partial charge in [0.25, 0.3) is 0 Å². The summed E-state index contributed by atoms with van der Waals surface area (Å²) in [5.41, 5.74) is 2.87. The molecule has 2 atom stereocenters. The zero-order valence-corrected chi connectivity index (χ0v) is 11.6. The van der Waals surface area contributed by atoms with Crippen LogP contribution in [0.15, 0.2) is 24.3 Å². The molecule has 2 heteroatoms. The van der Waals surface area contributed by atoms with Crippen molar-refractivity contribution in [1.29, 1.82) is 0 Å². The minimum Gasteiger partial charge on any atom is -0.367 e. The van der Waals surface area contributed by atoms with Gasteiger partial charge in [-0.05, 0) is 49.9 Å². The Morgan fingerprint density at radius 3 is 2.67 bits per heavy atom. The fraction of sp³-hybridized carbons (Fsp3) is 0.625. The number of rotatable bonds is 2. The second-order valence-electron chi connectivity index (χ2n) is 5.90. The van der Waals surface area contributed by atoms with E-state index in [0.717, 1.165) is 18.4 Å². The van der Waals surface area contributed by atoms with Crippen LogP contribution >= 0.6 is 0 Å². The Balaban J connectivity index is 1.81. The summed E-state index contributed by atoms with van der Waals surface area (Å²) in [5.74, 6) is 0.884. The quantitative estimate of drug-likeness (QED) is 0.789. The molecule has 0 aliphatic carbocycles. The number of fused-ring (bicyclic) bond motifs is 1. The molecular weight excluding hydrogens is 220 g/mol. The molecule has 0 saturated carbocycles. The molecule has 2 heterocycles. The van der Waals surface area contributed by atoms with Crippen LogP contribution in [0.25, 0.3) is 0 Å². The van der Waals surface area contributed by atoms with E-state index in [1.165, 1.54) is 43.7 Å². The highest BCUT2D eigenvalue weighted by Crippen LogP contribution is 2.33. The van der Waals surface area contributed by atoms with E-state index in [1.54, 1.807) is 0 Å². The zero-order chi connectivity index (χ0) is 12.5. The third-order valence-corrected chi connectivity index (χ3v) is 4.64. The number of hydrogen-bond acceptors (Lipinski definition) is 2. The molecule has 1 aromatic carbocycles. The average Bonchev–Trinajstić information content (AvgIpc) is 2.79. The highest BCUT2D eigenvalue weighted by Gasteiger charge is 2.37. The number of anilines is 1. The molecule has 0 N–H and O–H groups in total. The first-order valence-electron chi connectivity index (χ1n) is 7.32. The number of piperidine rings is 1. The molecule has 0 bridgehead atoms. The fourth-order valence-electron chi connectivity index (χ4n) is 3.64. The highest BCUT2D eigenvalue weighted by atomic mass is 15.3. The maximum Gasteiger partial charge on any atom is 0.0457 e. The largest absolute Gasteiger partial charge is 0.367 e. The van der Waals surface area contributed by atoms with Crippen LogP contribution in [0, 0.1) is 5.92 Å². The number of nitrogens with zero attached hydrogens (tertiary/aromatic N) is 2. The Bertz CT molecular complexity index is 398. The van der Waals surface area contributed by atoms with Crippen molar-refractivity contribution in [1.82, 2.24) is 4.90 Å². The van der Waals surface area contributed by atoms with Crippen LogP contribution in [0.3, 0.4) is 0 Å². The van der Waals surface area contributed by atoms with Gasteiger partial charge in [0, 0.05) is 31.4 Å². The second kappa shape index (κ2) is 4.93. The summed E-state index contributed by atoms with van der Waals surface area (Å²) in [4.78, 5) is 5.14. The topological polar surface area (TPSA) is 6.48 Å². The maximum absolute atomic E-state index is 2.65. The SMILES string of the molecule is CCc1ccc(N2CCCC3CN(C)CC32)cc1. The Morgan fingerprint density at radius 2 is 1.94 bits per heavy atom. The Labute approximate surface area is 111 Å². The lowest BCUT2D eigenvalue weighted by atomic mass is 9.91. The van der Waals surface area contributed by atoms with E-state index in [4.69, 9.17) is 0 Å². The first-order chi connectivity index (χ1) is 8.78. The molecule has 0 spiro atoms. The van der Waals surface area contributed by atoms with Crippen molar-refractivity contribution in [2.45, 2.75) is 32.2 Å². The molecule has 18 heavy (non-hydrogen) atoms. The van der Waals surface area contributed by atoms with E-state index in [1.807, 2.05) is 0 Å². The first-order valence-corrected chi connectivity index (χ1v) is 7.32. The van der Waals surface area contributed by atoms with Crippen molar-refractivity contribution < 1.29 is 0 Å². The molecule has 2 unspecified atom stereocenters. The predicted molar refractivity (Wildman–Crippen MR) is 77.2 cm³/mol. The molecule has 1 aromatic rings. The second-order valence-corrected chi connectivity index (χ2v) is 5.90. The molecule has 2 fully saturated rings. The average molecular weight is 244 g/mol. The van der Waals surface area contributed by atoms with Crippen molar-refractivity contribution in [3.05, 3.63) is 29.8 Å². The van der Waals surface area contributed by atoms with Gasteiger partial charge in [-0.2, -0.15) is 0 Å². The van der Waals surface area contributed by atoms with Crippen LogP contribution in [0.2, 0.25) is 0 Å². The van der Waals surface area contributed by atoms with Crippen LogP contribution < -0.4 is 4.90 Å². The van der Waals surface area contributed by atoms with Gasteiger partial charge in [-0.1, -0.05) is 19.1 Å². The number of likely N-dealkylation sites (N-methyl/N-ethyl adjacent to an activating group) is 1. The summed E-state index contributed by atoms with van der Waals surface area (Å²) in [5, 5.41) is 0. The molecule has 2 nitrogen and oxygen atoms in total. The minimum absolute atomic E-state index is 0.747. The van der Waals surface area contributed by atoms with Crippen LogP contribution in [-0.4, -0.2) is 37.6 Å².